The van der Waals surface area contributed by atoms with Gasteiger partial charge in [-0.05, 0) is 37.4 Å². The average Bonchev–Trinajstić information content (AvgIpc) is 2.97. The number of rotatable bonds is 4. The number of benzene rings is 1. The molecule has 0 bridgehead atoms. The summed E-state index contributed by atoms with van der Waals surface area (Å²) in [4.78, 5) is 3.32. The highest BCUT2D eigenvalue weighted by molar-refractivity contribution is 5.83. The number of hydrogen-bond donors (Lipinski definition) is 3. The molecule has 0 spiro atoms. The Morgan fingerprint density at radius 1 is 1.28 bits per heavy atom. The van der Waals surface area contributed by atoms with Gasteiger partial charge in [0.05, 0.1) is 0 Å². The first-order valence-corrected chi connectivity index (χ1v) is 6.88. The second-order valence-corrected chi connectivity index (χ2v) is 5.26. The van der Waals surface area contributed by atoms with E-state index in [0.29, 0.717) is 12.1 Å². The molecule has 0 saturated heterocycles. The molecule has 0 radical (unpaired) electrons. The number of nitrogens with two attached hydrogens (primary N) is 1. The maximum absolute atomic E-state index is 6.06. The minimum Gasteiger partial charge on any atom is -0.361 e. The fourth-order valence-electron chi connectivity index (χ4n) is 2.97. The number of fused-ring (bicyclic) bond motifs is 1. The summed E-state index contributed by atoms with van der Waals surface area (Å²) in [6.07, 6.45) is 6.86. The van der Waals surface area contributed by atoms with Gasteiger partial charge in [-0.1, -0.05) is 24.6 Å². The predicted molar refractivity (Wildman–Crippen MR) is 75.6 cm³/mol. The lowest BCUT2D eigenvalue weighted by molar-refractivity contribution is 0.479. The molecule has 1 aromatic carbocycles. The molecule has 1 aromatic heterocycles. The van der Waals surface area contributed by atoms with Crippen molar-refractivity contribution in [3.05, 3.63) is 36.0 Å². The van der Waals surface area contributed by atoms with E-state index in [1.165, 1.54) is 35.7 Å². The van der Waals surface area contributed by atoms with E-state index in [1.807, 2.05) is 0 Å². The summed E-state index contributed by atoms with van der Waals surface area (Å²) in [5, 5.41) is 4.94. The first-order chi connectivity index (χ1) is 8.84. The van der Waals surface area contributed by atoms with Crippen LogP contribution in [0.15, 0.2) is 30.5 Å². The molecule has 0 amide bonds. The summed E-state index contributed by atoms with van der Waals surface area (Å²) in [5.74, 6) is 0. The highest BCUT2D eigenvalue weighted by atomic mass is 15.0. The molecule has 2 aromatic rings. The molecule has 1 fully saturated rings. The van der Waals surface area contributed by atoms with Crippen molar-refractivity contribution in [1.82, 2.24) is 10.3 Å². The van der Waals surface area contributed by atoms with Crippen molar-refractivity contribution in [1.29, 1.82) is 0 Å². The fraction of sp³-hybridized carbons (Fsp3) is 0.467. The molecule has 1 heterocycles. The van der Waals surface area contributed by atoms with Crippen molar-refractivity contribution in [3.63, 3.8) is 0 Å². The number of aromatic amines is 1. The van der Waals surface area contributed by atoms with Gasteiger partial charge in [-0.3, -0.25) is 0 Å². The molecular weight excluding hydrogens is 222 g/mol. The van der Waals surface area contributed by atoms with Gasteiger partial charge in [-0.25, -0.2) is 0 Å². The van der Waals surface area contributed by atoms with Crippen LogP contribution < -0.4 is 11.1 Å². The van der Waals surface area contributed by atoms with Gasteiger partial charge in [0.2, 0.25) is 0 Å². The van der Waals surface area contributed by atoms with E-state index in [-0.39, 0.29) is 0 Å². The normalized spacial score (nSPS) is 23.8. The molecule has 4 N–H and O–H groups in total. The van der Waals surface area contributed by atoms with Crippen molar-refractivity contribution >= 4 is 10.9 Å². The lowest BCUT2D eigenvalue weighted by atomic mass is 10.1. The van der Waals surface area contributed by atoms with Crippen LogP contribution in [0.2, 0.25) is 0 Å². The van der Waals surface area contributed by atoms with Crippen molar-refractivity contribution in [2.24, 2.45) is 5.73 Å². The summed E-state index contributed by atoms with van der Waals surface area (Å²) in [5.41, 5.74) is 8.68. The minimum absolute atomic E-state index is 0.355. The van der Waals surface area contributed by atoms with Gasteiger partial charge in [0.25, 0.3) is 0 Å². The zero-order valence-corrected chi connectivity index (χ0v) is 10.7. The molecule has 0 aliphatic heterocycles. The third-order valence-electron chi connectivity index (χ3n) is 4.05. The van der Waals surface area contributed by atoms with Crippen molar-refractivity contribution in [3.8, 4) is 0 Å². The van der Waals surface area contributed by atoms with E-state index >= 15 is 0 Å². The van der Waals surface area contributed by atoms with Crippen molar-refractivity contribution in [2.45, 2.75) is 37.8 Å². The van der Waals surface area contributed by atoms with E-state index in [2.05, 4.69) is 40.8 Å². The molecule has 1 aliphatic carbocycles. The predicted octanol–water partition coefficient (Wildman–Crippen LogP) is 2.18. The van der Waals surface area contributed by atoms with Crippen LogP contribution in [-0.2, 0) is 6.42 Å². The maximum atomic E-state index is 6.06. The van der Waals surface area contributed by atoms with Gasteiger partial charge >= 0.3 is 0 Å². The van der Waals surface area contributed by atoms with Crippen LogP contribution in [0.5, 0.6) is 0 Å². The number of para-hydroxylation sites is 1. The van der Waals surface area contributed by atoms with Gasteiger partial charge in [0.15, 0.2) is 0 Å². The smallest absolute Gasteiger partial charge is 0.0456 e. The summed E-state index contributed by atoms with van der Waals surface area (Å²) >= 11 is 0. The van der Waals surface area contributed by atoms with Crippen LogP contribution in [0.4, 0.5) is 0 Å². The molecule has 1 aliphatic rings. The summed E-state index contributed by atoms with van der Waals surface area (Å²) < 4.78 is 0. The van der Waals surface area contributed by atoms with Gasteiger partial charge in [0.1, 0.15) is 0 Å². The second kappa shape index (κ2) is 5.12. The third kappa shape index (κ3) is 2.28. The first kappa shape index (κ1) is 11.8. The van der Waals surface area contributed by atoms with E-state index in [1.54, 1.807) is 0 Å². The fourth-order valence-corrected chi connectivity index (χ4v) is 2.97. The molecule has 2 unspecified atom stereocenters. The van der Waals surface area contributed by atoms with E-state index in [0.717, 1.165) is 13.0 Å². The Balaban J connectivity index is 1.60. The topological polar surface area (TPSA) is 53.8 Å². The van der Waals surface area contributed by atoms with Crippen molar-refractivity contribution in [2.75, 3.05) is 6.54 Å². The van der Waals surface area contributed by atoms with Crippen molar-refractivity contribution < 1.29 is 0 Å². The largest absolute Gasteiger partial charge is 0.361 e. The van der Waals surface area contributed by atoms with Crippen LogP contribution in [-0.4, -0.2) is 23.6 Å². The summed E-state index contributed by atoms with van der Waals surface area (Å²) in [7, 11) is 0. The Hall–Kier alpha value is -1.32. The van der Waals surface area contributed by atoms with Gasteiger partial charge in [-0.2, -0.15) is 0 Å². The van der Waals surface area contributed by atoms with Gasteiger partial charge < -0.3 is 16.0 Å². The lowest BCUT2D eigenvalue weighted by Gasteiger charge is -2.16. The highest BCUT2D eigenvalue weighted by Crippen LogP contribution is 2.19. The SMILES string of the molecule is NC1CCCC1NCCc1c[nH]c2ccccc12. The molecule has 1 saturated carbocycles. The molecule has 18 heavy (non-hydrogen) atoms. The average molecular weight is 243 g/mol. The van der Waals surface area contributed by atoms with Crippen LogP contribution in [0.1, 0.15) is 24.8 Å². The zero-order chi connectivity index (χ0) is 12.4. The van der Waals surface area contributed by atoms with E-state index in [9.17, 15) is 0 Å². The van der Waals surface area contributed by atoms with Crippen LogP contribution >= 0.6 is 0 Å². The van der Waals surface area contributed by atoms with Crippen LogP contribution in [0.3, 0.4) is 0 Å². The molecule has 2 atom stereocenters. The molecular formula is C15H21N3. The molecule has 3 rings (SSSR count). The third-order valence-corrected chi connectivity index (χ3v) is 4.05. The second-order valence-electron chi connectivity index (χ2n) is 5.26. The first-order valence-electron chi connectivity index (χ1n) is 6.88. The number of hydrogen-bond acceptors (Lipinski definition) is 2. The molecule has 3 heteroatoms. The summed E-state index contributed by atoms with van der Waals surface area (Å²) in [6.45, 7) is 1.01. The van der Waals surface area contributed by atoms with E-state index < -0.39 is 0 Å². The van der Waals surface area contributed by atoms with Gasteiger partial charge in [-0.15, -0.1) is 0 Å². The van der Waals surface area contributed by atoms with E-state index in [4.69, 9.17) is 5.73 Å². The maximum Gasteiger partial charge on any atom is 0.0456 e. The number of nitrogens with one attached hydrogen (secondary N) is 2. The number of H-pyrrole nitrogens is 1. The number of aromatic nitrogens is 1. The standard InChI is InChI=1S/C15H21N3/c16-13-5-3-7-15(13)17-9-8-11-10-18-14-6-2-1-4-12(11)14/h1-2,4,6,10,13,15,17-18H,3,5,7-9,16H2. The summed E-state index contributed by atoms with van der Waals surface area (Å²) in [6, 6.07) is 9.35. The van der Waals surface area contributed by atoms with Crippen LogP contribution in [0, 0.1) is 0 Å². The Morgan fingerprint density at radius 3 is 3.00 bits per heavy atom. The van der Waals surface area contributed by atoms with Gasteiger partial charge in [0, 0.05) is 29.2 Å². The van der Waals surface area contributed by atoms with Crippen LogP contribution in [0.25, 0.3) is 10.9 Å². The molecule has 96 valence electrons. The Bertz CT molecular complexity index is 517. The monoisotopic (exact) mass is 243 g/mol. The Kier molecular flexibility index (Phi) is 3.35. The highest BCUT2D eigenvalue weighted by Gasteiger charge is 2.22. The lowest BCUT2D eigenvalue weighted by Crippen LogP contribution is -2.41. The Morgan fingerprint density at radius 2 is 2.17 bits per heavy atom. The quantitative estimate of drug-likeness (QED) is 0.771. The minimum atomic E-state index is 0.355. The zero-order valence-electron chi connectivity index (χ0n) is 10.7. The molecule has 3 nitrogen and oxygen atoms in total. The Labute approximate surface area is 108 Å².